The zero-order valence-electron chi connectivity index (χ0n) is 9.16. The van der Waals surface area contributed by atoms with E-state index in [9.17, 15) is 0 Å². The summed E-state index contributed by atoms with van der Waals surface area (Å²) in [6.07, 6.45) is 2.54. The maximum atomic E-state index is 6.11. The summed E-state index contributed by atoms with van der Waals surface area (Å²) in [5.41, 5.74) is 12.3. The molecule has 0 saturated heterocycles. The van der Waals surface area contributed by atoms with Crippen LogP contribution in [-0.4, -0.2) is 13.2 Å². The van der Waals surface area contributed by atoms with Crippen LogP contribution in [0.2, 0.25) is 5.02 Å². The van der Waals surface area contributed by atoms with E-state index in [1.54, 1.807) is 0 Å². The first-order valence-electron chi connectivity index (χ1n) is 5.58. The SMILES string of the molecule is NCC(N)c1ccc(OCC2CC2)c(Cl)c1. The van der Waals surface area contributed by atoms with Gasteiger partial charge in [-0.2, -0.15) is 0 Å². The van der Waals surface area contributed by atoms with Crippen molar-refractivity contribution in [3.63, 3.8) is 0 Å². The lowest BCUT2D eigenvalue weighted by molar-refractivity contribution is 0.300. The van der Waals surface area contributed by atoms with Crippen LogP contribution in [0.25, 0.3) is 0 Å². The van der Waals surface area contributed by atoms with Crippen molar-refractivity contribution >= 4 is 11.6 Å². The van der Waals surface area contributed by atoms with Crippen LogP contribution in [0.1, 0.15) is 24.4 Å². The summed E-state index contributed by atoms with van der Waals surface area (Å²) in [6, 6.07) is 5.47. The van der Waals surface area contributed by atoms with Gasteiger partial charge < -0.3 is 16.2 Å². The molecule has 16 heavy (non-hydrogen) atoms. The van der Waals surface area contributed by atoms with Crippen molar-refractivity contribution in [3.05, 3.63) is 28.8 Å². The molecule has 2 rings (SSSR count). The molecule has 1 unspecified atom stereocenters. The lowest BCUT2D eigenvalue weighted by atomic mass is 10.1. The van der Waals surface area contributed by atoms with Crippen LogP contribution < -0.4 is 16.2 Å². The van der Waals surface area contributed by atoms with Crippen LogP contribution in [0.3, 0.4) is 0 Å². The van der Waals surface area contributed by atoms with Gasteiger partial charge in [0.15, 0.2) is 0 Å². The Morgan fingerprint density at radius 3 is 2.75 bits per heavy atom. The standard InChI is InChI=1S/C12H17ClN2O/c13-10-5-9(11(15)6-14)3-4-12(10)16-7-8-1-2-8/h3-5,8,11H,1-2,6-7,14-15H2. The van der Waals surface area contributed by atoms with Crippen LogP contribution in [0.5, 0.6) is 5.75 Å². The summed E-state index contributed by atoms with van der Waals surface area (Å²) >= 11 is 6.11. The fourth-order valence-electron chi connectivity index (χ4n) is 1.49. The first kappa shape index (κ1) is 11.7. The Kier molecular flexibility index (Phi) is 3.69. The quantitative estimate of drug-likeness (QED) is 0.829. The second-order valence-electron chi connectivity index (χ2n) is 4.29. The Morgan fingerprint density at radius 1 is 1.44 bits per heavy atom. The molecule has 1 fully saturated rings. The minimum atomic E-state index is -0.157. The van der Waals surface area contributed by atoms with E-state index in [1.165, 1.54) is 12.8 Å². The van der Waals surface area contributed by atoms with Gasteiger partial charge in [-0.3, -0.25) is 0 Å². The fourth-order valence-corrected chi connectivity index (χ4v) is 1.74. The van der Waals surface area contributed by atoms with Crippen molar-refractivity contribution in [1.82, 2.24) is 0 Å². The minimum Gasteiger partial charge on any atom is -0.492 e. The maximum absolute atomic E-state index is 6.11. The normalized spacial score (nSPS) is 17.2. The highest BCUT2D eigenvalue weighted by atomic mass is 35.5. The molecule has 1 saturated carbocycles. The Hall–Kier alpha value is -0.770. The molecule has 1 aliphatic rings. The Labute approximate surface area is 101 Å². The summed E-state index contributed by atoms with van der Waals surface area (Å²) in [5, 5.41) is 0.613. The van der Waals surface area contributed by atoms with E-state index in [-0.39, 0.29) is 6.04 Å². The van der Waals surface area contributed by atoms with E-state index in [0.717, 1.165) is 23.8 Å². The van der Waals surface area contributed by atoms with Crippen LogP contribution in [-0.2, 0) is 0 Å². The number of halogens is 1. The molecule has 88 valence electrons. The van der Waals surface area contributed by atoms with Crippen LogP contribution in [0, 0.1) is 5.92 Å². The summed E-state index contributed by atoms with van der Waals surface area (Å²) in [4.78, 5) is 0. The summed E-state index contributed by atoms with van der Waals surface area (Å²) in [5.74, 6) is 1.46. The summed E-state index contributed by atoms with van der Waals surface area (Å²) in [6.45, 7) is 1.18. The van der Waals surface area contributed by atoms with Crippen molar-refractivity contribution < 1.29 is 4.74 Å². The lowest BCUT2D eigenvalue weighted by Gasteiger charge is -2.12. The van der Waals surface area contributed by atoms with Gasteiger partial charge in [-0.25, -0.2) is 0 Å². The molecule has 0 amide bonds. The second kappa shape index (κ2) is 5.04. The number of hydrogen-bond acceptors (Lipinski definition) is 3. The molecule has 1 aliphatic carbocycles. The molecule has 0 spiro atoms. The number of rotatable bonds is 5. The van der Waals surface area contributed by atoms with Gasteiger partial charge in [-0.05, 0) is 36.5 Å². The van der Waals surface area contributed by atoms with E-state index in [0.29, 0.717) is 11.6 Å². The van der Waals surface area contributed by atoms with Crippen LogP contribution in [0.4, 0.5) is 0 Å². The van der Waals surface area contributed by atoms with E-state index >= 15 is 0 Å². The average Bonchev–Trinajstić information content (AvgIpc) is 3.10. The van der Waals surface area contributed by atoms with Crippen LogP contribution >= 0.6 is 11.6 Å². The molecule has 4 heteroatoms. The van der Waals surface area contributed by atoms with E-state index in [2.05, 4.69) is 0 Å². The zero-order valence-corrected chi connectivity index (χ0v) is 9.91. The lowest BCUT2D eigenvalue weighted by Crippen LogP contribution is -2.20. The summed E-state index contributed by atoms with van der Waals surface area (Å²) in [7, 11) is 0. The fraction of sp³-hybridized carbons (Fsp3) is 0.500. The van der Waals surface area contributed by atoms with Gasteiger partial charge >= 0.3 is 0 Å². The molecular formula is C12H17ClN2O. The zero-order chi connectivity index (χ0) is 11.5. The van der Waals surface area contributed by atoms with E-state index < -0.39 is 0 Å². The third kappa shape index (κ3) is 2.88. The monoisotopic (exact) mass is 240 g/mol. The van der Waals surface area contributed by atoms with E-state index in [1.807, 2.05) is 18.2 Å². The van der Waals surface area contributed by atoms with Gasteiger partial charge in [-0.15, -0.1) is 0 Å². The Bertz CT molecular complexity index is 366. The average molecular weight is 241 g/mol. The third-order valence-corrected chi connectivity index (χ3v) is 3.10. The Balaban J connectivity index is 2.02. The predicted molar refractivity (Wildman–Crippen MR) is 65.7 cm³/mol. The van der Waals surface area contributed by atoms with Gasteiger partial charge in [0.1, 0.15) is 5.75 Å². The van der Waals surface area contributed by atoms with Crippen molar-refractivity contribution in [2.75, 3.05) is 13.2 Å². The molecule has 1 aromatic carbocycles. The second-order valence-corrected chi connectivity index (χ2v) is 4.69. The minimum absolute atomic E-state index is 0.157. The van der Waals surface area contributed by atoms with Crippen LogP contribution in [0.15, 0.2) is 18.2 Å². The molecule has 0 radical (unpaired) electrons. The van der Waals surface area contributed by atoms with Gasteiger partial charge in [0.25, 0.3) is 0 Å². The number of nitrogens with two attached hydrogens (primary N) is 2. The molecule has 1 aromatic rings. The topological polar surface area (TPSA) is 61.3 Å². The number of hydrogen-bond donors (Lipinski definition) is 2. The van der Waals surface area contributed by atoms with Gasteiger partial charge in [-0.1, -0.05) is 17.7 Å². The third-order valence-electron chi connectivity index (χ3n) is 2.81. The molecule has 0 heterocycles. The molecule has 0 aromatic heterocycles. The first-order valence-corrected chi connectivity index (χ1v) is 5.96. The van der Waals surface area contributed by atoms with Crippen molar-refractivity contribution in [1.29, 1.82) is 0 Å². The van der Waals surface area contributed by atoms with Crippen molar-refractivity contribution in [2.45, 2.75) is 18.9 Å². The van der Waals surface area contributed by atoms with E-state index in [4.69, 9.17) is 27.8 Å². The highest BCUT2D eigenvalue weighted by molar-refractivity contribution is 6.32. The van der Waals surface area contributed by atoms with Gasteiger partial charge in [0, 0.05) is 12.6 Å². The summed E-state index contributed by atoms with van der Waals surface area (Å²) < 4.78 is 5.63. The molecule has 0 bridgehead atoms. The highest BCUT2D eigenvalue weighted by Crippen LogP contribution is 2.32. The molecule has 0 aliphatic heterocycles. The first-order chi connectivity index (χ1) is 7.70. The van der Waals surface area contributed by atoms with Gasteiger partial charge in [0.2, 0.25) is 0 Å². The molecule has 3 nitrogen and oxygen atoms in total. The smallest absolute Gasteiger partial charge is 0.137 e. The Morgan fingerprint density at radius 2 is 2.19 bits per heavy atom. The van der Waals surface area contributed by atoms with Crippen molar-refractivity contribution in [3.8, 4) is 5.75 Å². The molecule has 4 N–H and O–H groups in total. The highest BCUT2D eigenvalue weighted by Gasteiger charge is 2.22. The number of ether oxygens (including phenoxy) is 1. The number of benzene rings is 1. The van der Waals surface area contributed by atoms with Gasteiger partial charge in [0.05, 0.1) is 11.6 Å². The molecular weight excluding hydrogens is 224 g/mol. The largest absolute Gasteiger partial charge is 0.492 e. The molecule has 1 atom stereocenters. The van der Waals surface area contributed by atoms with Crippen molar-refractivity contribution in [2.24, 2.45) is 17.4 Å². The predicted octanol–water partition coefficient (Wildman–Crippen LogP) is 2.09. The maximum Gasteiger partial charge on any atom is 0.137 e.